The minimum absolute atomic E-state index is 0.223. The molecule has 0 aliphatic heterocycles. The van der Waals surface area contributed by atoms with Crippen molar-refractivity contribution >= 4 is 0 Å². The van der Waals surface area contributed by atoms with Crippen LogP contribution in [0, 0.1) is 5.92 Å². The van der Waals surface area contributed by atoms with Crippen molar-refractivity contribution in [3.8, 4) is 0 Å². The molecule has 0 saturated heterocycles. The van der Waals surface area contributed by atoms with Crippen molar-refractivity contribution in [2.45, 2.75) is 46.1 Å². The van der Waals surface area contributed by atoms with E-state index in [1.54, 1.807) is 0 Å². The van der Waals surface area contributed by atoms with E-state index in [1.165, 1.54) is 0 Å². The molecule has 0 fully saturated rings. The number of aliphatic hydroxyl groups is 1. The maximum absolute atomic E-state index is 9.28. The van der Waals surface area contributed by atoms with E-state index in [0.717, 1.165) is 19.3 Å². The van der Waals surface area contributed by atoms with Crippen LogP contribution in [-0.4, -0.2) is 11.2 Å². The first-order chi connectivity index (χ1) is 5.16. The van der Waals surface area contributed by atoms with Crippen LogP contribution in [0.5, 0.6) is 0 Å². The highest BCUT2D eigenvalue weighted by molar-refractivity contribution is 4.88. The Bertz CT molecular complexity index is 105. The van der Waals surface area contributed by atoms with Gasteiger partial charge in [0.2, 0.25) is 0 Å². The molecule has 0 aromatic carbocycles. The highest BCUT2D eigenvalue weighted by Gasteiger charge is 1.95. The Morgan fingerprint density at radius 2 is 2.00 bits per heavy atom. The van der Waals surface area contributed by atoms with E-state index in [9.17, 15) is 5.11 Å². The lowest BCUT2D eigenvalue weighted by Gasteiger charge is -2.02. The van der Waals surface area contributed by atoms with Gasteiger partial charge in [0.25, 0.3) is 0 Å². The molecule has 0 aromatic heterocycles. The van der Waals surface area contributed by atoms with Crippen molar-refractivity contribution < 1.29 is 5.11 Å². The van der Waals surface area contributed by atoms with Gasteiger partial charge in [-0.3, -0.25) is 0 Å². The molecule has 0 spiro atoms. The molecule has 0 aromatic rings. The maximum atomic E-state index is 9.28. The van der Waals surface area contributed by atoms with Gasteiger partial charge in [-0.25, -0.2) is 0 Å². The third-order valence-corrected chi connectivity index (χ3v) is 1.55. The zero-order chi connectivity index (χ0) is 8.69. The van der Waals surface area contributed by atoms with Crippen molar-refractivity contribution in [3.63, 3.8) is 0 Å². The summed E-state index contributed by atoms with van der Waals surface area (Å²) in [5.41, 5.74) is 0. The van der Waals surface area contributed by atoms with E-state index in [2.05, 4.69) is 26.8 Å². The van der Waals surface area contributed by atoms with E-state index in [-0.39, 0.29) is 6.10 Å². The minimum atomic E-state index is -0.223. The molecule has 1 N–H and O–H groups in total. The highest BCUT2D eigenvalue weighted by atomic mass is 16.3. The summed E-state index contributed by atoms with van der Waals surface area (Å²) in [6.07, 6.45) is 6.76. The molecule has 11 heavy (non-hydrogen) atoms. The Labute approximate surface area is 70.1 Å². The molecule has 0 rings (SSSR count). The maximum Gasteiger partial charge on any atom is 0.0720 e. The van der Waals surface area contributed by atoms with Crippen LogP contribution in [0.15, 0.2) is 12.2 Å². The van der Waals surface area contributed by atoms with Crippen molar-refractivity contribution in [2.24, 2.45) is 5.92 Å². The molecular formula is C10H20O. The molecule has 1 heteroatoms. The second kappa shape index (κ2) is 6.41. The van der Waals surface area contributed by atoms with Gasteiger partial charge in [0.05, 0.1) is 6.10 Å². The zero-order valence-corrected chi connectivity index (χ0v) is 7.88. The summed E-state index contributed by atoms with van der Waals surface area (Å²) in [5, 5.41) is 9.28. The summed E-state index contributed by atoms with van der Waals surface area (Å²) in [5.74, 6) is 0.695. The molecule has 0 heterocycles. The summed E-state index contributed by atoms with van der Waals surface area (Å²) in [4.78, 5) is 0. The fourth-order valence-electron chi connectivity index (χ4n) is 0.900. The number of allylic oxidation sites excluding steroid dienone is 1. The van der Waals surface area contributed by atoms with Crippen LogP contribution in [0.25, 0.3) is 0 Å². The summed E-state index contributed by atoms with van der Waals surface area (Å²) in [6, 6.07) is 0. The van der Waals surface area contributed by atoms with Gasteiger partial charge < -0.3 is 5.11 Å². The van der Waals surface area contributed by atoms with Gasteiger partial charge in [-0.15, -0.1) is 0 Å². The molecule has 0 radical (unpaired) electrons. The summed E-state index contributed by atoms with van der Waals surface area (Å²) >= 11 is 0. The Morgan fingerprint density at radius 3 is 2.45 bits per heavy atom. The molecule has 0 aliphatic rings. The average molecular weight is 156 g/mol. The van der Waals surface area contributed by atoms with Crippen LogP contribution >= 0.6 is 0 Å². The van der Waals surface area contributed by atoms with Crippen molar-refractivity contribution in [3.05, 3.63) is 12.2 Å². The number of hydrogen-bond acceptors (Lipinski definition) is 1. The van der Waals surface area contributed by atoms with Crippen molar-refractivity contribution in [1.82, 2.24) is 0 Å². The fraction of sp³-hybridized carbons (Fsp3) is 0.800. The second-order valence-corrected chi connectivity index (χ2v) is 3.41. The monoisotopic (exact) mass is 156 g/mol. The van der Waals surface area contributed by atoms with E-state index in [4.69, 9.17) is 0 Å². The predicted octanol–water partition coefficient (Wildman–Crippen LogP) is 2.75. The third kappa shape index (κ3) is 7.60. The number of hydrogen-bond donors (Lipinski definition) is 1. The van der Waals surface area contributed by atoms with Crippen LogP contribution < -0.4 is 0 Å². The summed E-state index contributed by atoms with van der Waals surface area (Å²) in [7, 11) is 0. The van der Waals surface area contributed by atoms with E-state index < -0.39 is 0 Å². The standard InChI is InChI=1S/C10H20O/c1-4-6-10(11)8-5-7-9(2)3/h5,8-11H,4,6-7H2,1-3H3. The van der Waals surface area contributed by atoms with Gasteiger partial charge in [0, 0.05) is 0 Å². The van der Waals surface area contributed by atoms with Crippen LogP contribution in [-0.2, 0) is 0 Å². The highest BCUT2D eigenvalue weighted by Crippen LogP contribution is 2.03. The molecule has 0 amide bonds. The Balaban J connectivity index is 3.39. The number of aliphatic hydroxyl groups excluding tert-OH is 1. The summed E-state index contributed by atoms with van der Waals surface area (Å²) < 4.78 is 0. The van der Waals surface area contributed by atoms with E-state index in [0.29, 0.717) is 5.92 Å². The zero-order valence-electron chi connectivity index (χ0n) is 7.88. The largest absolute Gasteiger partial charge is 0.389 e. The van der Waals surface area contributed by atoms with Crippen molar-refractivity contribution in [2.75, 3.05) is 0 Å². The lowest BCUT2D eigenvalue weighted by molar-refractivity contribution is 0.211. The molecule has 0 bridgehead atoms. The van der Waals surface area contributed by atoms with Crippen LogP contribution in [0.1, 0.15) is 40.0 Å². The predicted molar refractivity (Wildman–Crippen MR) is 49.5 cm³/mol. The van der Waals surface area contributed by atoms with Crippen LogP contribution in [0.3, 0.4) is 0 Å². The van der Waals surface area contributed by atoms with Gasteiger partial charge in [-0.1, -0.05) is 39.3 Å². The lowest BCUT2D eigenvalue weighted by Crippen LogP contribution is -2.00. The first-order valence-corrected chi connectivity index (χ1v) is 4.51. The molecule has 66 valence electrons. The molecule has 1 unspecified atom stereocenters. The lowest BCUT2D eigenvalue weighted by atomic mass is 10.1. The topological polar surface area (TPSA) is 20.2 Å². The van der Waals surface area contributed by atoms with Crippen molar-refractivity contribution in [1.29, 1.82) is 0 Å². The SMILES string of the molecule is CCCC(O)C=CCC(C)C. The first-order valence-electron chi connectivity index (χ1n) is 4.51. The quantitative estimate of drug-likeness (QED) is 0.607. The molecule has 0 saturated carbocycles. The fourth-order valence-corrected chi connectivity index (χ4v) is 0.900. The average Bonchev–Trinajstić information content (AvgIpc) is 1.87. The normalized spacial score (nSPS) is 14.6. The second-order valence-electron chi connectivity index (χ2n) is 3.41. The summed E-state index contributed by atoms with van der Waals surface area (Å²) in [6.45, 7) is 6.44. The van der Waals surface area contributed by atoms with Gasteiger partial charge >= 0.3 is 0 Å². The molecule has 1 nitrogen and oxygen atoms in total. The Hall–Kier alpha value is -0.300. The van der Waals surface area contributed by atoms with E-state index >= 15 is 0 Å². The van der Waals surface area contributed by atoms with Gasteiger partial charge in [-0.05, 0) is 18.8 Å². The van der Waals surface area contributed by atoms with Gasteiger partial charge in [-0.2, -0.15) is 0 Å². The Kier molecular flexibility index (Phi) is 6.24. The Morgan fingerprint density at radius 1 is 1.36 bits per heavy atom. The minimum Gasteiger partial charge on any atom is -0.389 e. The molecule has 1 atom stereocenters. The smallest absolute Gasteiger partial charge is 0.0720 e. The van der Waals surface area contributed by atoms with Crippen LogP contribution in [0.4, 0.5) is 0 Å². The van der Waals surface area contributed by atoms with Crippen LogP contribution in [0.2, 0.25) is 0 Å². The first kappa shape index (κ1) is 10.7. The van der Waals surface area contributed by atoms with Gasteiger partial charge in [0.15, 0.2) is 0 Å². The molecule has 0 aliphatic carbocycles. The third-order valence-electron chi connectivity index (χ3n) is 1.55. The molecular weight excluding hydrogens is 136 g/mol. The van der Waals surface area contributed by atoms with E-state index in [1.807, 2.05) is 6.08 Å². The van der Waals surface area contributed by atoms with Gasteiger partial charge in [0.1, 0.15) is 0 Å². The number of rotatable bonds is 5.